The quantitative estimate of drug-likeness (QED) is 0.831. The van der Waals surface area contributed by atoms with Crippen LogP contribution in [-0.4, -0.2) is 23.9 Å². The van der Waals surface area contributed by atoms with Gasteiger partial charge in [0.2, 0.25) is 0 Å². The summed E-state index contributed by atoms with van der Waals surface area (Å²) in [6.45, 7) is 5.86. The molecule has 1 aliphatic rings. The molecule has 1 N–H and O–H groups in total. The van der Waals surface area contributed by atoms with Gasteiger partial charge in [-0.15, -0.1) is 0 Å². The lowest BCUT2D eigenvalue weighted by Gasteiger charge is -2.18. The third-order valence-corrected chi connectivity index (χ3v) is 5.08. The van der Waals surface area contributed by atoms with Gasteiger partial charge in [0.25, 0.3) is 5.91 Å². The van der Waals surface area contributed by atoms with E-state index < -0.39 is 0 Å². The molecule has 126 valence electrons. The fourth-order valence-electron chi connectivity index (χ4n) is 3.22. The second kappa shape index (κ2) is 7.95. The van der Waals surface area contributed by atoms with E-state index in [4.69, 9.17) is 0 Å². The molecule has 3 rings (SSSR count). The van der Waals surface area contributed by atoms with E-state index in [0.717, 1.165) is 22.1 Å². The Morgan fingerprint density at radius 2 is 1.83 bits per heavy atom. The first-order valence-corrected chi connectivity index (χ1v) is 9.26. The van der Waals surface area contributed by atoms with Crippen LogP contribution in [0, 0.1) is 6.92 Å². The zero-order valence-corrected chi connectivity index (χ0v) is 15.6. The Balaban J connectivity index is 1.66. The van der Waals surface area contributed by atoms with Gasteiger partial charge in [0, 0.05) is 23.1 Å². The van der Waals surface area contributed by atoms with Gasteiger partial charge in [-0.25, -0.2) is 0 Å². The van der Waals surface area contributed by atoms with E-state index in [2.05, 4.69) is 44.3 Å². The summed E-state index contributed by atoms with van der Waals surface area (Å²) in [7, 11) is 0. The molecule has 0 aromatic heterocycles. The van der Waals surface area contributed by atoms with Crippen molar-refractivity contribution < 1.29 is 4.79 Å². The van der Waals surface area contributed by atoms with Crippen molar-refractivity contribution in [3.63, 3.8) is 0 Å². The van der Waals surface area contributed by atoms with E-state index in [1.807, 2.05) is 31.2 Å². The van der Waals surface area contributed by atoms with Crippen LogP contribution in [0.15, 0.2) is 46.9 Å². The van der Waals surface area contributed by atoms with Crippen LogP contribution in [0.3, 0.4) is 0 Å². The number of amides is 1. The molecule has 0 aliphatic carbocycles. The topological polar surface area (TPSA) is 32.3 Å². The van der Waals surface area contributed by atoms with Crippen molar-refractivity contribution in [3.8, 4) is 0 Å². The van der Waals surface area contributed by atoms with E-state index in [-0.39, 0.29) is 5.91 Å². The van der Waals surface area contributed by atoms with Crippen molar-refractivity contribution in [1.82, 2.24) is 10.2 Å². The molecule has 1 saturated heterocycles. The molecule has 24 heavy (non-hydrogen) atoms. The number of aryl methyl sites for hydroxylation is 1. The summed E-state index contributed by atoms with van der Waals surface area (Å²) < 4.78 is 0.993. The van der Waals surface area contributed by atoms with Crippen LogP contribution in [0.25, 0.3) is 0 Å². The van der Waals surface area contributed by atoms with Gasteiger partial charge in [-0.1, -0.05) is 40.2 Å². The molecule has 0 radical (unpaired) electrons. The Labute approximate surface area is 152 Å². The van der Waals surface area contributed by atoms with Crippen molar-refractivity contribution in [2.45, 2.75) is 32.9 Å². The van der Waals surface area contributed by atoms with Crippen molar-refractivity contribution in [2.75, 3.05) is 13.1 Å². The molecule has 0 saturated carbocycles. The van der Waals surface area contributed by atoms with Crippen LogP contribution in [0.4, 0.5) is 0 Å². The van der Waals surface area contributed by atoms with Crippen LogP contribution in [0.5, 0.6) is 0 Å². The molecule has 1 aliphatic heterocycles. The highest BCUT2D eigenvalue weighted by Crippen LogP contribution is 2.18. The van der Waals surface area contributed by atoms with Gasteiger partial charge in [-0.2, -0.15) is 0 Å². The van der Waals surface area contributed by atoms with Crippen molar-refractivity contribution in [1.29, 1.82) is 0 Å². The van der Waals surface area contributed by atoms with Gasteiger partial charge in [-0.3, -0.25) is 9.69 Å². The predicted molar refractivity (Wildman–Crippen MR) is 101 cm³/mol. The van der Waals surface area contributed by atoms with Gasteiger partial charge >= 0.3 is 0 Å². The number of nitrogens with zero attached hydrogens (tertiary/aromatic N) is 1. The molecule has 1 fully saturated rings. The van der Waals surface area contributed by atoms with Crippen molar-refractivity contribution >= 4 is 21.8 Å². The van der Waals surface area contributed by atoms with Crippen molar-refractivity contribution in [3.05, 3.63) is 69.2 Å². The molecule has 3 nitrogen and oxygen atoms in total. The number of carbonyl (C=O) groups excluding carboxylic acids is 1. The smallest absolute Gasteiger partial charge is 0.251 e. The molecule has 0 atom stereocenters. The monoisotopic (exact) mass is 386 g/mol. The summed E-state index contributed by atoms with van der Waals surface area (Å²) >= 11 is 3.44. The third kappa shape index (κ3) is 4.25. The largest absolute Gasteiger partial charge is 0.348 e. The number of hydrogen-bond acceptors (Lipinski definition) is 2. The molecule has 0 spiro atoms. The fraction of sp³-hybridized carbons (Fsp3) is 0.350. The Hall–Kier alpha value is -1.65. The maximum absolute atomic E-state index is 12.5. The van der Waals surface area contributed by atoms with Crippen molar-refractivity contribution in [2.24, 2.45) is 0 Å². The lowest BCUT2D eigenvalue weighted by molar-refractivity contribution is 0.0950. The highest BCUT2D eigenvalue weighted by Gasteiger charge is 2.14. The van der Waals surface area contributed by atoms with Crippen LogP contribution in [0.1, 0.15) is 39.9 Å². The first-order valence-electron chi connectivity index (χ1n) is 8.47. The fourth-order valence-corrected chi connectivity index (χ4v) is 3.69. The summed E-state index contributed by atoms with van der Waals surface area (Å²) in [6.07, 6.45) is 2.59. The maximum Gasteiger partial charge on any atom is 0.251 e. The Bertz CT molecular complexity index is 723. The van der Waals surface area contributed by atoms with Crippen LogP contribution in [-0.2, 0) is 13.1 Å². The van der Waals surface area contributed by atoms with Gasteiger partial charge in [0.05, 0.1) is 0 Å². The summed E-state index contributed by atoms with van der Waals surface area (Å²) in [4.78, 5) is 15.0. The van der Waals surface area contributed by atoms with Gasteiger partial charge < -0.3 is 5.32 Å². The summed E-state index contributed by atoms with van der Waals surface area (Å²) in [5.74, 6) is -0.0176. The molecule has 0 unspecified atom stereocenters. The summed E-state index contributed by atoms with van der Waals surface area (Å²) in [5.41, 5.74) is 4.22. The first-order chi connectivity index (χ1) is 11.6. The lowest BCUT2D eigenvalue weighted by Crippen LogP contribution is -2.25. The molecule has 1 heterocycles. The standard InChI is InChI=1S/C20H23BrN2O/c1-15-12-18(21)8-9-19(15)20(24)22-13-16-6-2-3-7-17(16)14-23-10-4-5-11-23/h2-3,6-9,12H,4-5,10-11,13-14H2,1H3,(H,22,24). The Kier molecular flexibility index (Phi) is 5.69. The molecule has 2 aromatic rings. The average Bonchev–Trinajstić information content (AvgIpc) is 3.07. The minimum atomic E-state index is -0.0176. The minimum absolute atomic E-state index is 0.0176. The number of halogens is 1. The van der Waals surface area contributed by atoms with Gasteiger partial charge in [0.1, 0.15) is 0 Å². The van der Waals surface area contributed by atoms with E-state index in [1.165, 1.54) is 37.1 Å². The Morgan fingerprint density at radius 1 is 1.12 bits per heavy atom. The normalized spacial score (nSPS) is 14.8. The molecular weight excluding hydrogens is 364 g/mol. The molecule has 1 amide bonds. The summed E-state index contributed by atoms with van der Waals surface area (Å²) in [5, 5.41) is 3.07. The second-order valence-electron chi connectivity index (χ2n) is 6.39. The number of likely N-dealkylation sites (tertiary alicyclic amines) is 1. The van der Waals surface area contributed by atoms with Gasteiger partial charge in [0.15, 0.2) is 0 Å². The number of rotatable bonds is 5. The number of benzene rings is 2. The zero-order chi connectivity index (χ0) is 16.9. The maximum atomic E-state index is 12.5. The number of carbonyl (C=O) groups is 1. The Morgan fingerprint density at radius 3 is 2.54 bits per heavy atom. The molecule has 0 bridgehead atoms. The van der Waals surface area contributed by atoms with E-state index >= 15 is 0 Å². The van der Waals surface area contributed by atoms with Gasteiger partial charge in [-0.05, 0) is 67.7 Å². The molecular formula is C20H23BrN2O. The predicted octanol–water partition coefficient (Wildman–Crippen LogP) is 4.28. The van der Waals surface area contributed by atoms with Crippen LogP contribution < -0.4 is 5.32 Å². The second-order valence-corrected chi connectivity index (χ2v) is 7.31. The minimum Gasteiger partial charge on any atom is -0.348 e. The number of hydrogen-bond donors (Lipinski definition) is 1. The number of nitrogens with one attached hydrogen (secondary N) is 1. The SMILES string of the molecule is Cc1cc(Br)ccc1C(=O)NCc1ccccc1CN1CCCC1. The molecule has 2 aromatic carbocycles. The van der Waals surface area contributed by atoms with E-state index in [9.17, 15) is 4.79 Å². The first kappa shape index (κ1) is 17.2. The lowest BCUT2D eigenvalue weighted by atomic mass is 10.1. The highest BCUT2D eigenvalue weighted by molar-refractivity contribution is 9.10. The van der Waals surface area contributed by atoms with E-state index in [1.54, 1.807) is 0 Å². The zero-order valence-electron chi connectivity index (χ0n) is 14.0. The molecule has 4 heteroatoms. The van der Waals surface area contributed by atoms with Crippen LogP contribution >= 0.6 is 15.9 Å². The third-order valence-electron chi connectivity index (χ3n) is 4.58. The summed E-state index contributed by atoms with van der Waals surface area (Å²) in [6, 6.07) is 14.1. The van der Waals surface area contributed by atoms with E-state index in [0.29, 0.717) is 6.54 Å². The van der Waals surface area contributed by atoms with Crippen LogP contribution in [0.2, 0.25) is 0 Å². The average molecular weight is 387 g/mol. The highest BCUT2D eigenvalue weighted by atomic mass is 79.9.